The van der Waals surface area contributed by atoms with Crippen LogP contribution in [0.25, 0.3) is 0 Å². The lowest BCUT2D eigenvalue weighted by molar-refractivity contribution is -0.140. The topological polar surface area (TPSA) is 53.3 Å². The second-order valence-electron chi connectivity index (χ2n) is 4.02. The minimum atomic E-state index is -0.209. The number of rotatable bonds is 5. The summed E-state index contributed by atoms with van der Waals surface area (Å²) in [5.74, 6) is -0.209. The number of anilines is 1. The Morgan fingerprint density at radius 1 is 1.50 bits per heavy atom. The fourth-order valence-corrected chi connectivity index (χ4v) is 1.86. The van der Waals surface area contributed by atoms with E-state index in [0.717, 1.165) is 17.8 Å². The van der Waals surface area contributed by atoms with Gasteiger partial charge in [0.05, 0.1) is 25.2 Å². The summed E-state index contributed by atoms with van der Waals surface area (Å²) in [6.45, 7) is 5.44. The summed E-state index contributed by atoms with van der Waals surface area (Å²) < 4.78 is 4.64. The molecule has 1 rings (SSSR count). The Labute approximate surface area is 108 Å². The van der Waals surface area contributed by atoms with Crippen LogP contribution in [0.4, 0.5) is 5.69 Å². The van der Waals surface area contributed by atoms with Crippen LogP contribution in [0, 0.1) is 18.3 Å². The second kappa shape index (κ2) is 6.65. The van der Waals surface area contributed by atoms with Gasteiger partial charge in [0, 0.05) is 18.8 Å². The normalized spacial score (nSPS) is 9.67. The molecule has 0 fully saturated rings. The van der Waals surface area contributed by atoms with E-state index in [-0.39, 0.29) is 5.97 Å². The van der Waals surface area contributed by atoms with Crippen LogP contribution in [0.3, 0.4) is 0 Å². The Bertz CT molecular complexity index is 463. The predicted molar refractivity (Wildman–Crippen MR) is 70.4 cm³/mol. The van der Waals surface area contributed by atoms with Crippen LogP contribution < -0.4 is 4.90 Å². The number of hydrogen-bond donors (Lipinski definition) is 0. The van der Waals surface area contributed by atoms with Gasteiger partial charge in [-0.1, -0.05) is 0 Å². The maximum absolute atomic E-state index is 11.2. The van der Waals surface area contributed by atoms with Gasteiger partial charge in [-0.25, -0.2) is 0 Å². The Morgan fingerprint density at radius 3 is 2.72 bits per heavy atom. The van der Waals surface area contributed by atoms with Crippen molar-refractivity contribution < 1.29 is 9.53 Å². The summed E-state index contributed by atoms with van der Waals surface area (Å²) in [5.41, 5.74) is 2.75. The van der Waals surface area contributed by atoms with Crippen LogP contribution in [0.2, 0.25) is 0 Å². The van der Waals surface area contributed by atoms with Crippen molar-refractivity contribution in [1.82, 2.24) is 0 Å². The molecule has 4 heteroatoms. The van der Waals surface area contributed by atoms with Gasteiger partial charge in [0.1, 0.15) is 0 Å². The summed E-state index contributed by atoms with van der Waals surface area (Å²) >= 11 is 0. The molecule has 0 unspecified atom stereocenters. The molecule has 0 N–H and O–H groups in total. The zero-order valence-electron chi connectivity index (χ0n) is 11.1. The lowest BCUT2D eigenvalue weighted by Crippen LogP contribution is -2.26. The van der Waals surface area contributed by atoms with Gasteiger partial charge in [0.25, 0.3) is 0 Å². The number of nitriles is 1. The van der Waals surface area contributed by atoms with Crippen molar-refractivity contribution in [1.29, 1.82) is 5.26 Å². The van der Waals surface area contributed by atoms with Gasteiger partial charge in [-0.3, -0.25) is 4.79 Å². The largest absolute Gasteiger partial charge is 0.469 e. The van der Waals surface area contributed by atoms with Gasteiger partial charge >= 0.3 is 5.97 Å². The molecule has 96 valence electrons. The minimum Gasteiger partial charge on any atom is -0.469 e. The summed E-state index contributed by atoms with van der Waals surface area (Å²) in [6, 6.07) is 7.70. The van der Waals surface area contributed by atoms with E-state index in [1.807, 2.05) is 26.0 Å². The first-order valence-electron chi connectivity index (χ1n) is 5.94. The van der Waals surface area contributed by atoms with Gasteiger partial charge in [-0.15, -0.1) is 0 Å². The first kappa shape index (κ1) is 14.0. The van der Waals surface area contributed by atoms with Crippen molar-refractivity contribution >= 4 is 11.7 Å². The maximum atomic E-state index is 11.2. The molecule has 0 aromatic heterocycles. The highest BCUT2D eigenvalue weighted by Gasteiger charge is 2.10. The summed E-state index contributed by atoms with van der Waals surface area (Å²) in [7, 11) is 1.39. The van der Waals surface area contributed by atoms with Crippen LogP contribution in [0.1, 0.15) is 24.5 Å². The Balaban J connectivity index is 2.82. The average molecular weight is 246 g/mol. The van der Waals surface area contributed by atoms with Gasteiger partial charge in [-0.2, -0.15) is 5.26 Å². The Hall–Kier alpha value is -2.02. The van der Waals surface area contributed by atoms with Crippen LogP contribution >= 0.6 is 0 Å². The van der Waals surface area contributed by atoms with E-state index in [9.17, 15) is 4.79 Å². The summed E-state index contributed by atoms with van der Waals surface area (Å²) in [6.07, 6.45) is 0.365. The molecular weight excluding hydrogens is 228 g/mol. The standard InChI is InChI=1S/C14H18N2O2/c1-4-16(8-7-14(17)18-3)13-6-5-12(10-15)9-11(13)2/h5-6,9H,4,7-8H2,1-3H3. The fraction of sp³-hybridized carbons (Fsp3) is 0.429. The van der Waals surface area contributed by atoms with Gasteiger partial charge in [-0.05, 0) is 37.6 Å². The third-order valence-electron chi connectivity index (χ3n) is 2.86. The highest BCUT2D eigenvalue weighted by Crippen LogP contribution is 2.21. The molecule has 0 aliphatic carbocycles. The highest BCUT2D eigenvalue weighted by atomic mass is 16.5. The summed E-state index contributed by atoms with van der Waals surface area (Å²) in [5, 5.41) is 8.83. The van der Waals surface area contributed by atoms with Crippen molar-refractivity contribution in [2.75, 3.05) is 25.1 Å². The van der Waals surface area contributed by atoms with E-state index in [0.29, 0.717) is 18.5 Å². The number of nitrogens with zero attached hydrogens (tertiary/aromatic N) is 2. The van der Waals surface area contributed by atoms with E-state index >= 15 is 0 Å². The zero-order chi connectivity index (χ0) is 13.5. The molecule has 18 heavy (non-hydrogen) atoms. The first-order valence-corrected chi connectivity index (χ1v) is 5.94. The van der Waals surface area contributed by atoms with E-state index in [4.69, 9.17) is 5.26 Å². The molecule has 0 aliphatic rings. The van der Waals surface area contributed by atoms with Gasteiger partial charge < -0.3 is 9.64 Å². The molecule has 0 radical (unpaired) electrons. The quantitative estimate of drug-likeness (QED) is 0.748. The molecule has 0 saturated carbocycles. The molecule has 0 amide bonds. The molecule has 0 heterocycles. The van der Waals surface area contributed by atoms with Gasteiger partial charge in [0.15, 0.2) is 0 Å². The van der Waals surface area contributed by atoms with E-state index in [1.54, 1.807) is 6.07 Å². The predicted octanol–water partition coefficient (Wildman–Crippen LogP) is 2.26. The zero-order valence-corrected chi connectivity index (χ0v) is 11.1. The molecule has 4 nitrogen and oxygen atoms in total. The van der Waals surface area contributed by atoms with Crippen molar-refractivity contribution in [2.24, 2.45) is 0 Å². The molecule has 1 aromatic rings. The number of carbonyl (C=O) groups is 1. The second-order valence-corrected chi connectivity index (χ2v) is 4.02. The molecule has 0 aliphatic heterocycles. The number of methoxy groups -OCH3 is 1. The van der Waals surface area contributed by atoms with E-state index in [1.165, 1.54) is 7.11 Å². The molecule has 0 atom stereocenters. The lowest BCUT2D eigenvalue weighted by atomic mass is 10.1. The number of benzene rings is 1. The third-order valence-corrected chi connectivity index (χ3v) is 2.86. The van der Waals surface area contributed by atoms with Crippen LogP contribution in [-0.2, 0) is 9.53 Å². The number of ether oxygens (including phenoxy) is 1. The smallest absolute Gasteiger partial charge is 0.307 e. The number of carbonyl (C=O) groups excluding carboxylic acids is 1. The molecule has 0 bridgehead atoms. The van der Waals surface area contributed by atoms with Crippen molar-refractivity contribution in [3.05, 3.63) is 29.3 Å². The average Bonchev–Trinajstić information content (AvgIpc) is 2.40. The van der Waals surface area contributed by atoms with Crippen LogP contribution in [-0.4, -0.2) is 26.2 Å². The van der Waals surface area contributed by atoms with Gasteiger partial charge in [0.2, 0.25) is 0 Å². The van der Waals surface area contributed by atoms with E-state index < -0.39 is 0 Å². The summed E-state index contributed by atoms with van der Waals surface area (Å²) in [4.78, 5) is 13.3. The Kier molecular flexibility index (Phi) is 5.19. The van der Waals surface area contributed by atoms with Crippen molar-refractivity contribution in [3.8, 4) is 6.07 Å². The maximum Gasteiger partial charge on any atom is 0.307 e. The fourth-order valence-electron chi connectivity index (χ4n) is 1.86. The van der Waals surface area contributed by atoms with Crippen LogP contribution in [0.5, 0.6) is 0 Å². The number of esters is 1. The lowest BCUT2D eigenvalue weighted by Gasteiger charge is -2.24. The SMILES string of the molecule is CCN(CCC(=O)OC)c1ccc(C#N)cc1C. The third kappa shape index (κ3) is 3.49. The number of aryl methyl sites for hydroxylation is 1. The van der Waals surface area contributed by atoms with E-state index in [2.05, 4.69) is 15.7 Å². The van der Waals surface area contributed by atoms with Crippen LogP contribution in [0.15, 0.2) is 18.2 Å². The first-order chi connectivity index (χ1) is 8.62. The monoisotopic (exact) mass is 246 g/mol. The molecular formula is C14H18N2O2. The minimum absolute atomic E-state index is 0.209. The highest BCUT2D eigenvalue weighted by molar-refractivity contribution is 5.70. The molecule has 0 spiro atoms. The van der Waals surface area contributed by atoms with Crippen molar-refractivity contribution in [3.63, 3.8) is 0 Å². The Morgan fingerprint density at radius 2 is 2.22 bits per heavy atom. The number of hydrogen-bond acceptors (Lipinski definition) is 4. The molecule has 0 saturated heterocycles. The molecule has 1 aromatic carbocycles. The van der Waals surface area contributed by atoms with Crippen molar-refractivity contribution in [2.45, 2.75) is 20.3 Å².